The molecule has 2 aromatic rings. The van der Waals surface area contributed by atoms with Gasteiger partial charge in [-0.05, 0) is 30.4 Å². The van der Waals surface area contributed by atoms with E-state index in [1.807, 2.05) is 0 Å². The number of nitrogens with zero attached hydrogens (tertiary/aromatic N) is 3. The summed E-state index contributed by atoms with van der Waals surface area (Å²) >= 11 is 1.79. The number of anilines is 1. The Balaban J connectivity index is 1.89. The van der Waals surface area contributed by atoms with Crippen LogP contribution in [0.3, 0.4) is 0 Å². The molecule has 0 saturated heterocycles. The zero-order valence-electron chi connectivity index (χ0n) is 10.4. The lowest BCUT2D eigenvalue weighted by Crippen LogP contribution is -2.34. The molecule has 98 valence electrons. The maximum atomic E-state index is 10.8. The van der Waals surface area contributed by atoms with Crippen LogP contribution in [0.15, 0.2) is 23.8 Å². The molecule has 1 atom stereocenters. The lowest BCUT2D eigenvalue weighted by atomic mass is 10.0. The Morgan fingerprint density at radius 1 is 1.47 bits per heavy atom. The maximum Gasteiger partial charge on any atom is 0.338 e. The van der Waals surface area contributed by atoms with E-state index in [0.29, 0.717) is 5.95 Å². The van der Waals surface area contributed by atoms with Crippen molar-refractivity contribution in [2.45, 2.75) is 19.4 Å². The molecule has 1 aliphatic rings. The number of carbonyl (C=O) groups is 1. The van der Waals surface area contributed by atoms with Crippen molar-refractivity contribution >= 4 is 23.3 Å². The van der Waals surface area contributed by atoms with Gasteiger partial charge in [0.25, 0.3) is 0 Å². The monoisotopic (exact) mass is 275 g/mol. The fourth-order valence-corrected chi connectivity index (χ4v) is 3.33. The predicted octanol–water partition coefficient (Wildman–Crippen LogP) is 2.36. The van der Waals surface area contributed by atoms with Gasteiger partial charge in [-0.2, -0.15) is 0 Å². The van der Waals surface area contributed by atoms with Crippen LogP contribution in [0, 0.1) is 0 Å². The summed E-state index contributed by atoms with van der Waals surface area (Å²) in [4.78, 5) is 22.7. The number of carboxylic acid groups (broad SMARTS) is 1. The highest BCUT2D eigenvalue weighted by Crippen LogP contribution is 2.34. The van der Waals surface area contributed by atoms with Gasteiger partial charge in [0, 0.05) is 23.8 Å². The van der Waals surface area contributed by atoms with Gasteiger partial charge in [0.1, 0.15) is 0 Å². The zero-order valence-corrected chi connectivity index (χ0v) is 11.2. The average molecular weight is 275 g/mol. The van der Waals surface area contributed by atoms with E-state index in [2.05, 4.69) is 33.2 Å². The SMILES string of the molecule is CC1c2ccsc2CCN1c1ncc(C(=O)O)cn1. The highest BCUT2D eigenvalue weighted by molar-refractivity contribution is 7.10. The lowest BCUT2D eigenvalue weighted by molar-refractivity contribution is 0.0696. The molecule has 1 aliphatic heterocycles. The summed E-state index contributed by atoms with van der Waals surface area (Å²) in [7, 11) is 0. The van der Waals surface area contributed by atoms with Crippen molar-refractivity contribution in [1.82, 2.24) is 9.97 Å². The summed E-state index contributed by atoms with van der Waals surface area (Å²) in [5.41, 5.74) is 1.44. The van der Waals surface area contributed by atoms with Crippen LogP contribution in [0.1, 0.15) is 33.8 Å². The first-order valence-electron chi connectivity index (χ1n) is 6.05. The van der Waals surface area contributed by atoms with Gasteiger partial charge in [-0.1, -0.05) is 0 Å². The number of aromatic nitrogens is 2. The van der Waals surface area contributed by atoms with Crippen LogP contribution >= 0.6 is 11.3 Å². The molecule has 0 saturated carbocycles. The van der Waals surface area contributed by atoms with Crippen LogP contribution in [-0.2, 0) is 6.42 Å². The summed E-state index contributed by atoms with van der Waals surface area (Å²) in [6, 6.07) is 2.37. The van der Waals surface area contributed by atoms with E-state index in [9.17, 15) is 4.79 Å². The van der Waals surface area contributed by atoms with Gasteiger partial charge in [-0.25, -0.2) is 14.8 Å². The minimum Gasteiger partial charge on any atom is -0.478 e. The smallest absolute Gasteiger partial charge is 0.338 e. The van der Waals surface area contributed by atoms with Crippen LogP contribution in [0.25, 0.3) is 0 Å². The molecule has 0 spiro atoms. The zero-order chi connectivity index (χ0) is 13.4. The first kappa shape index (κ1) is 12.1. The Hall–Kier alpha value is -1.95. The Morgan fingerprint density at radius 3 is 2.89 bits per heavy atom. The van der Waals surface area contributed by atoms with Gasteiger partial charge < -0.3 is 10.0 Å². The van der Waals surface area contributed by atoms with Crippen LogP contribution in [-0.4, -0.2) is 27.6 Å². The summed E-state index contributed by atoms with van der Waals surface area (Å²) < 4.78 is 0. The van der Waals surface area contributed by atoms with Gasteiger partial charge in [0.2, 0.25) is 5.95 Å². The second kappa shape index (κ2) is 4.62. The second-order valence-electron chi connectivity index (χ2n) is 4.50. The number of thiophene rings is 1. The van der Waals surface area contributed by atoms with Crippen molar-refractivity contribution < 1.29 is 9.90 Å². The third kappa shape index (κ3) is 2.08. The maximum absolute atomic E-state index is 10.8. The van der Waals surface area contributed by atoms with Crippen molar-refractivity contribution in [2.24, 2.45) is 0 Å². The first-order valence-corrected chi connectivity index (χ1v) is 6.93. The largest absolute Gasteiger partial charge is 0.478 e. The molecule has 3 heterocycles. The number of rotatable bonds is 2. The van der Waals surface area contributed by atoms with Crippen molar-refractivity contribution in [3.05, 3.63) is 39.8 Å². The molecule has 0 aromatic carbocycles. The first-order chi connectivity index (χ1) is 9.16. The molecular formula is C13H13N3O2S. The normalized spacial score (nSPS) is 18.2. The van der Waals surface area contributed by atoms with Gasteiger partial charge in [0.15, 0.2) is 0 Å². The molecule has 3 rings (SSSR count). The summed E-state index contributed by atoms with van der Waals surface area (Å²) in [6.07, 6.45) is 3.71. The highest BCUT2D eigenvalue weighted by atomic mass is 32.1. The molecule has 0 amide bonds. The number of hydrogen-bond donors (Lipinski definition) is 1. The molecule has 0 fully saturated rings. The van der Waals surface area contributed by atoms with Crippen molar-refractivity contribution in [2.75, 3.05) is 11.4 Å². The van der Waals surface area contributed by atoms with E-state index in [-0.39, 0.29) is 11.6 Å². The van der Waals surface area contributed by atoms with Crippen LogP contribution in [0.4, 0.5) is 5.95 Å². The number of fused-ring (bicyclic) bond motifs is 1. The minimum absolute atomic E-state index is 0.115. The molecular weight excluding hydrogens is 262 g/mol. The molecule has 1 N–H and O–H groups in total. The lowest BCUT2D eigenvalue weighted by Gasteiger charge is -2.33. The fraction of sp³-hybridized carbons (Fsp3) is 0.308. The number of carboxylic acids is 1. The summed E-state index contributed by atoms with van der Waals surface area (Å²) in [5.74, 6) is -0.410. The number of aromatic carboxylic acids is 1. The molecule has 5 nitrogen and oxygen atoms in total. The Kier molecular flexibility index (Phi) is 2.94. The van der Waals surface area contributed by atoms with Crippen LogP contribution < -0.4 is 4.90 Å². The minimum atomic E-state index is -1.00. The average Bonchev–Trinajstić information content (AvgIpc) is 2.88. The van der Waals surface area contributed by atoms with E-state index in [4.69, 9.17) is 5.11 Å². The van der Waals surface area contributed by atoms with E-state index >= 15 is 0 Å². The molecule has 2 aromatic heterocycles. The van der Waals surface area contributed by atoms with E-state index in [1.54, 1.807) is 11.3 Å². The molecule has 0 bridgehead atoms. The van der Waals surface area contributed by atoms with E-state index < -0.39 is 5.97 Å². The Morgan fingerprint density at radius 2 is 2.21 bits per heavy atom. The quantitative estimate of drug-likeness (QED) is 0.911. The Labute approximate surface area is 114 Å². The van der Waals surface area contributed by atoms with Crippen molar-refractivity contribution in [3.63, 3.8) is 0 Å². The van der Waals surface area contributed by atoms with Crippen molar-refractivity contribution in [3.8, 4) is 0 Å². The Bertz CT molecular complexity index is 609. The van der Waals surface area contributed by atoms with Crippen LogP contribution in [0.2, 0.25) is 0 Å². The standard InChI is InChI=1S/C13H13N3O2S/c1-8-10-3-5-19-11(10)2-4-16(8)13-14-6-9(7-15-13)12(17)18/h3,5-8H,2,4H2,1H3,(H,17,18). The van der Waals surface area contributed by atoms with Gasteiger partial charge in [0.05, 0.1) is 11.6 Å². The molecule has 1 unspecified atom stereocenters. The topological polar surface area (TPSA) is 66.3 Å². The van der Waals surface area contributed by atoms with E-state index in [0.717, 1.165) is 13.0 Å². The van der Waals surface area contributed by atoms with Gasteiger partial charge >= 0.3 is 5.97 Å². The third-order valence-corrected chi connectivity index (χ3v) is 4.42. The molecule has 0 radical (unpaired) electrons. The second-order valence-corrected chi connectivity index (χ2v) is 5.50. The van der Waals surface area contributed by atoms with Crippen molar-refractivity contribution in [1.29, 1.82) is 0 Å². The third-order valence-electron chi connectivity index (χ3n) is 3.42. The predicted molar refractivity (Wildman–Crippen MR) is 72.8 cm³/mol. The molecule has 19 heavy (non-hydrogen) atoms. The van der Waals surface area contributed by atoms with Crippen LogP contribution in [0.5, 0.6) is 0 Å². The number of hydrogen-bond acceptors (Lipinski definition) is 5. The fourth-order valence-electron chi connectivity index (χ4n) is 2.36. The van der Waals surface area contributed by atoms with Gasteiger partial charge in [-0.3, -0.25) is 0 Å². The highest BCUT2D eigenvalue weighted by Gasteiger charge is 2.26. The van der Waals surface area contributed by atoms with E-state index in [1.165, 1.54) is 22.8 Å². The van der Waals surface area contributed by atoms with Gasteiger partial charge in [-0.15, -0.1) is 11.3 Å². The molecule has 0 aliphatic carbocycles. The summed E-state index contributed by atoms with van der Waals surface area (Å²) in [6.45, 7) is 2.99. The molecule has 6 heteroatoms. The summed E-state index contributed by atoms with van der Waals surface area (Å²) in [5, 5.41) is 11.0.